The van der Waals surface area contributed by atoms with Crippen molar-refractivity contribution in [1.82, 2.24) is 0 Å². The van der Waals surface area contributed by atoms with E-state index in [4.69, 9.17) is 9.47 Å². The van der Waals surface area contributed by atoms with Gasteiger partial charge in [-0.25, -0.2) is 0 Å². The van der Waals surface area contributed by atoms with Gasteiger partial charge in [0.1, 0.15) is 12.2 Å². The van der Waals surface area contributed by atoms with Gasteiger partial charge in [0.25, 0.3) is 0 Å². The summed E-state index contributed by atoms with van der Waals surface area (Å²) in [6.07, 6.45) is 3.09. The van der Waals surface area contributed by atoms with Crippen molar-refractivity contribution in [2.45, 2.75) is 75.1 Å². The summed E-state index contributed by atoms with van der Waals surface area (Å²) < 4.78 is 77.3. The third-order valence-electron chi connectivity index (χ3n) is 5.26. The van der Waals surface area contributed by atoms with Crippen LogP contribution in [-0.2, 0) is 23.8 Å². The maximum Gasteiger partial charge on any atom is 0.523 e. The monoisotopic (exact) mass is 370 g/mol. The predicted octanol–water partition coefficient (Wildman–Crippen LogP) is 3.26. The lowest BCUT2D eigenvalue weighted by Crippen LogP contribution is -2.39. The fourth-order valence-electron chi connectivity index (χ4n) is 3.91. The largest absolute Gasteiger partial charge is 0.523 e. The van der Waals surface area contributed by atoms with Crippen LogP contribution in [0.4, 0.5) is 13.2 Å². The van der Waals surface area contributed by atoms with Crippen molar-refractivity contribution >= 4 is 10.1 Å². The maximum atomic E-state index is 12.6. The van der Waals surface area contributed by atoms with Crippen LogP contribution in [-0.4, -0.2) is 38.0 Å². The molecule has 1 aliphatic heterocycles. The normalized spacial score (nSPS) is 39.1. The highest BCUT2D eigenvalue weighted by atomic mass is 32.2. The Morgan fingerprint density at radius 3 is 2.38 bits per heavy atom. The molecular weight excluding hydrogens is 349 g/mol. The first kappa shape index (κ1) is 18.2. The van der Waals surface area contributed by atoms with Crippen LogP contribution in [0.1, 0.15) is 45.4 Å². The lowest BCUT2D eigenvalue weighted by Gasteiger charge is -2.35. The molecule has 2 aliphatic carbocycles. The van der Waals surface area contributed by atoms with Crippen molar-refractivity contribution in [3.8, 4) is 0 Å². The van der Waals surface area contributed by atoms with Gasteiger partial charge in [-0.2, -0.15) is 21.6 Å². The SMILES string of the molecule is C=C[C@@]1(C)C[C@H](OS(=O)(=O)C(F)(F)F)[C@@H]2OC3(CCCCC3)O[C@@H]21. The minimum atomic E-state index is -5.69. The van der Waals surface area contributed by atoms with Gasteiger partial charge >= 0.3 is 15.6 Å². The predicted molar refractivity (Wildman–Crippen MR) is 78.3 cm³/mol. The van der Waals surface area contributed by atoms with Crippen molar-refractivity contribution in [1.29, 1.82) is 0 Å². The summed E-state index contributed by atoms with van der Waals surface area (Å²) in [6, 6.07) is 0. The zero-order valence-corrected chi connectivity index (χ0v) is 14.2. The Kier molecular flexibility index (Phi) is 4.30. The highest BCUT2D eigenvalue weighted by molar-refractivity contribution is 7.87. The second-order valence-corrected chi connectivity index (χ2v) is 8.60. The van der Waals surface area contributed by atoms with E-state index in [9.17, 15) is 21.6 Å². The van der Waals surface area contributed by atoms with E-state index in [0.29, 0.717) is 12.8 Å². The van der Waals surface area contributed by atoms with Gasteiger partial charge in [-0.15, -0.1) is 6.58 Å². The Morgan fingerprint density at radius 1 is 1.21 bits per heavy atom. The molecule has 3 rings (SSSR count). The molecule has 1 saturated heterocycles. The lowest BCUT2D eigenvalue weighted by molar-refractivity contribution is -0.211. The first-order chi connectivity index (χ1) is 11.0. The van der Waals surface area contributed by atoms with Crippen LogP contribution in [0.5, 0.6) is 0 Å². The van der Waals surface area contributed by atoms with Crippen LogP contribution in [0.3, 0.4) is 0 Å². The van der Waals surface area contributed by atoms with E-state index >= 15 is 0 Å². The Hall–Kier alpha value is -0.640. The summed E-state index contributed by atoms with van der Waals surface area (Å²) in [4.78, 5) is 0. The van der Waals surface area contributed by atoms with Gasteiger partial charge < -0.3 is 9.47 Å². The van der Waals surface area contributed by atoms with Crippen molar-refractivity contribution in [3.63, 3.8) is 0 Å². The summed E-state index contributed by atoms with van der Waals surface area (Å²) in [6.45, 7) is 5.50. The number of hydrogen-bond donors (Lipinski definition) is 0. The van der Waals surface area contributed by atoms with Gasteiger partial charge in [0.15, 0.2) is 5.79 Å². The van der Waals surface area contributed by atoms with Crippen molar-refractivity contribution < 1.29 is 35.2 Å². The molecule has 3 aliphatic rings. The van der Waals surface area contributed by atoms with E-state index < -0.39 is 45.1 Å². The second kappa shape index (κ2) is 5.69. The molecule has 0 aromatic heterocycles. The zero-order chi connectivity index (χ0) is 17.8. The molecule has 0 amide bonds. The molecule has 3 fully saturated rings. The molecule has 0 unspecified atom stereocenters. The van der Waals surface area contributed by atoms with Crippen LogP contribution in [0, 0.1) is 5.41 Å². The van der Waals surface area contributed by atoms with E-state index in [-0.39, 0.29) is 6.42 Å². The topological polar surface area (TPSA) is 61.8 Å². The molecule has 0 aromatic rings. The average molecular weight is 370 g/mol. The molecule has 24 heavy (non-hydrogen) atoms. The Morgan fingerprint density at radius 2 is 1.83 bits per heavy atom. The van der Waals surface area contributed by atoms with E-state index in [1.165, 1.54) is 0 Å². The molecule has 0 aromatic carbocycles. The number of halogens is 3. The van der Waals surface area contributed by atoms with E-state index in [2.05, 4.69) is 10.8 Å². The fraction of sp³-hybridized carbons (Fsp3) is 0.867. The fourth-order valence-corrected chi connectivity index (χ4v) is 4.53. The number of fused-ring (bicyclic) bond motifs is 1. The number of rotatable bonds is 3. The van der Waals surface area contributed by atoms with Crippen LogP contribution >= 0.6 is 0 Å². The lowest BCUT2D eigenvalue weighted by atomic mass is 9.86. The minimum Gasteiger partial charge on any atom is -0.343 e. The smallest absolute Gasteiger partial charge is 0.343 e. The summed E-state index contributed by atoms with van der Waals surface area (Å²) in [5.74, 6) is -0.845. The maximum absolute atomic E-state index is 12.6. The van der Waals surface area contributed by atoms with Gasteiger partial charge in [-0.1, -0.05) is 19.4 Å². The molecular formula is C15H21F3O5S. The highest BCUT2D eigenvalue weighted by Crippen LogP contribution is 2.54. The number of ether oxygens (including phenoxy) is 2. The molecule has 0 N–H and O–H groups in total. The average Bonchev–Trinajstić information content (AvgIpc) is 2.95. The molecule has 0 bridgehead atoms. The highest BCUT2D eigenvalue weighted by Gasteiger charge is 2.63. The van der Waals surface area contributed by atoms with Crippen molar-refractivity contribution in [3.05, 3.63) is 12.7 Å². The van der Waals surface area contributed by atoms with Crippen LogP contribution < -0.4 is 0 Å². The third kappa shape index (κ3) is 2.89. The van der Waals surface area contributed by atoms with Crippen molar-refractivity contribution in [2.24, 2.45) is 5.41 Å². The summed E-state index contributed by atoms with van der Waals surface area (Å²) in [7, 11) is -5.69. The molecule has 1 spiro atoms. The first-order valence-electron chi connectivity index (χ1n) is 8.01. The number of alkyl halides is 3. The van der Waals surface area contributed by atoms with Crippen molar-refractivity contribution in [2.75, 3.05) is 0 Å². The van der Waals surface area contributed by atoms with Gasteiger partial charge in [0.2, 0.25) is 0 Å². The Balaban J connectivity index is 1.86. The van der Waals surface area contributed by atoms with Gasteiger partial charge in [-0.05, 0) is 19.3 Å². The summed E-state index contributed by atoms with van der Waals surface area (Å²) >= 11 is 0. The van der Waals surface area contributed by atoms with Crippen LogP contribution in [0.25, 0.3) is 0 Å². The third-order valence-corrected chi connectivity index (χ3v) is 6.33. The molecule has 9 heteroatoms. The number of hydrogen-bond acceptors (Lipinski definition) is 5. The molecule has 138 valence electrons. The van der Waals surface area contributed by atoms with E-state index in [1.54, 1.807) is 13.0 Å². The van der Waals surface area contributed by atoms with Gasteiger partial charge in [0.05, 0.1) is 6.10 Å². The van der Waals surface area contributed by atoms with Crippen LogP contribution in [0.2, 0.25) is 0 Å². The minimum absolute atomic E-state index is 0.0389. The quantitative estimate of drug-likeness (QED) is 0.434. The molecule has 5 nitrogen and oxygen atoms in total. The summed E-state index contributed by atoms with van der Waals surface area (Å²) in [5, 5.41) is 0. The molecule has 2 saturated carbocycles. The standard InChI is InChI=1S/C15H21F3O5S/c1-3-13(2)9-10(23-24(19,20)15(16,17)18)11-12(13)22-14(21-11)7-5-4-6-8-14/h3,10-12H,1,4-9H2,2H3/t10-,11-,12-,13-/m0/s1. The molecule has 1 heterocycles. The summed E-state index contributed by atoms with van der Waals surface area (Å²) in [5.41, 5.74) is -6.17. The van der Waals surface area contributed by atoms with E-state index in [1.807, 2.05) is 0 Å². The van der Waals surface area contributed by atoms with Gasteiger partial charge in [0, 0.05) is 18.3 Å². The van der Waals surface area contributed by atoms with Gasteiger partial charge in [-0.3, -0.25) is 4.18 Å². The Labute approximate surface area is 139 Å². The van der Waals surface area contributed by atoms with E-state index in [0.717, 1.165) is 19.3 Å². The zero-order valence-electron chi connectivity index (χ0n) is 13.3. The molecule has 4 atom stereocenters. The Bertz CT molecular complexity index is 611. The first-order valence-corrected chi connectivity index (χ1v) is 9.42. The van der Waals surface area contributed by atoms with Crippen LogP contribution in [0.15, 0.2) is 12.7 Å². The molecule has 0 radical (unpaired) electrons. The second-order valence-electron chi connectivity index (χ2n) is 7.04.